The quantitative estimate of drug-likeness (QED) is 0.351. The van der Waals surface area contributed by atoms with Crippen LogP contribution in [0.15, 0.2) is 0 Å². The van der Waals surface area contributed by atoms with E-state index in [0.717, 1.165) is 0 Å². The fourth-order valence-corrected chi connectivity index (χ4v) is 1.59. The Morgan fingerprint density at radius 2 is 2.07 bits per heavy atom. The number of aldehydes is 1. The maximum Gasteiger partial charge on any atom is 0.279 e. The smallest absolute Gasteiger partial charge is 0.279 e. The summed E-state index contributed by atoms with van der Waals surface area (Å²) in [4.78, 5) is 32.3. The molecule has 0 aromatic rings. The fraction of sp³-hybridized carbons (Fsp3) is 0.800. The molecule has 0 rings (SSSR count). The third-order valence-electron chi connectivity index (χ3n) is 2.61. The highest BCUT2D eigenvalue weighted by atomic mass is 16.6. The maximum atomic E-state index is 11.7. The van der Waals surface area contributed by atoms with Crippen molar-refractivity contribution in [2.45, 2.75) is 51.5 Å². The van der Waals surface area contributed by atoms with Crippen molar-refractivity contribution in [1.82, 2.24) is 0 Å². The maximum absolute atomic E-state index is 11.7. The number of Topliss-reactive ketones (excluding diaryl/α,β-unsaturated/α-hetero) is 1. The Kier molecular flexibility index (Phi) is 5.74. The topological polar surface area (TPSA) is 77.3 Å². The molecule has 0 aliphatic carbocycles. The third kappa shape index (κ3) is 3.11. The van der Waals surface area contributed by atoms with E-state index < -0.39 is 10.5 Å². The normalized spacial score (nSPS) is 14.3. The van der Waals surface area contributed by atoms with Gasteiger partial charge in [0.1, 0.15) is 6.29 Å². The Labute approximate surface area is 89.0 Å². The summed E-state index contributed by atoms with van der Waals surface area (Å²) in [6, 6.07) is 0. The highest BCUT2D eigenvalue weighted by Crippen LogP contribution is 2.24. The summed E-state index contributed by atoms with van der Waals surface area (Å²) in [6.45, 7) is 3.42. The second-order valence-electron chi connectivity index (χ2n) is 3.52. The molecule has 5 nitrogen and oxygen atoms in total. The molecular formula is C10H17NO4. The van der Waals surface area contributed by atoms with Gasteiger partial charge in [0.05, 0.1) is 0 Å². The van der Waals surface area contributed by atoms with E-state index in [1.54, 1.807) is 13.8 Å². The largest absolute Gasteiger partial charge is 0.303 e. The van der Waals surface area contributed by atoms with Crippen LogP contribution in [0.5, 0.6) is 0 Å². The molecule has 0 aliphatic heterocycles. The average molecular weight is 215 g/mol. The Hall–Kier alpha value is -1.26. The minimum absolute atomic E-state index is 0.0127. The van der Waals surface area contributed by atoms with Crippen molar-refractivity contribution in [1.29, 1.82) is 0 Å². The van der Waals surface area contributed by atoms with Crippen LogP contribution >= 0.6 is 0 Å². The molecule has 1 atom stereocenters. The summed E-state index contributed by atoms with van der Waals surface area (Å²) < 4.78 is 0. The number of hydrogen-bond acceptors (Lipinski definition) is 4. The van der Waals surface area contributed by atoms with Gasteiger partial charge in [0, 0.05) is 30.6 Å². The standard InChI is InChI=1S/C10H17NO4/c1-3-6-9(13)10(4-2,11(14)15)7-5-8-12/h8H,3-7H2,1-2H3. The molecule has 0 amide bonds. The van der Waals surface area contributed by atoms with Gasteiger partial charge in [-0.3, -0.25) is 14.9 Å². The van der Waals surface area contributed by atoms with E-state index in [2.05, 4.69) is 0 Å². The van der Waals surface area contributed by atoms with Crippen molar-refractivity contribution < 1.29 is 14.5 Å². The molecule has 0 aliphatic rings. The summed E-state index contributed by atoms with van der Waals surface area (Å²) >= 11 is 0. The molecule has 0 saturated heterocycles. The van der Waals surface area contributed by atoms with Gasteiger partial charge in [0.15, 0.2) is 0 Å². The van der Waals surface area contributed by atoms with Gasteiger partial charge in [0.2, 0.25) is 5.78 Å². The number of carbonyl (C=O) groups excluding carboxylic acids is 2. The van der Waals surface area contributed by atoms with Crippen molar-refractivity contribution in [3.05, 3.63) is 10.1 Å². The molecule has 0 radical (unpaired) electrons. The highest BCUT2D eigenvalue weighted by molar-refractivity contribution is 5.87. The van der Waals surface area contributed by atoms with Crippen LogP contribution in [0.25, 0.3) is 0 Å². The van der Waals surface area contributed by atoms with Crippen molar-refractivity contribution in [2.75, 3.05) is 0 Å². The first kappa shape index (κ1) is 13.7. The van der Waals surface area contributed by atoms with Gasteiger partial charge in [-0.1, -0.05) is 13.8 Å². The predicted octanol–water partition coefficient (Wildman–Crippen LogP) is 1.76. The summed E-state index contributed by atoms with van der Waals surface area (Å²) in [5.74, 6) is -0.362. The van der Waals surface area contributed by atoms with Gasteiger partial charge in [0.25, 0.3) is 5.54 Å². The lowest BCUT2D eigenvalue weighted by Gasteiger charge is -2.21. The van der Waals surface area contributed by atoms with Crippen molar-refractivity contribution in [3.8, 4) is 0 Å². The fourth-order valence-electron chi connectivity index (χ4n) is 1.59. The Morgan fingerprint density at radius 3 is 2.40 bits per heavy atom. The summed E-state index contributed by atoms with van der Waals surface area (Å²) in [7, 11) is 0. The van der Waals surface area contributed by atoms with Crippen molar-refractivity contribution in [3.63, 3.8) is 0 Å². The van der Waals surface area contributed by atoms with Gasteiger partial charge < -0.3 is 4.79 Å². The summed E-state index contributed by atoms with van der Waals surface area (Å²) in [6.07, 6.45) is 1.63. The van der Waals surface area contributed by atoms with Crippen LogP contribution < -0.4 is 0 Å². The Balaban J connectivity index is 4.87. The molecule has 0 aromatic carbocycles. The van der Waals surface area contributed by atoms with Crippen LogP contribution in [0.1, 0.15) is 46.0 Å². The minimum atomic E-state index is -1.54. The van der Waals surface area contributed by atoms with Crippen LogP contribution in [0.3, 0.4) is 0 Å². The van der Waals surface area contributed by atoms with Gasteiger partial charge >= 0.3 is 0 Å². The molecule has 5 heteroatoms. The third-order valence-corrected chi connectivity index (χ3v) is 2.61. The first-order valence-electron chi connectivity index (χ1n) is 5.16. The lowest BCUT2D eigenvalue weighted by atomic mass is 9.85. The molecule has 0 bridgehead atoms. The van der Waals surface area contributed by atoms with E-state index in [9.17, 15) is 19.7 Å². The minimum Gasteiger partial charge on any atom is -0.303 e. The lowest BCUT2D eigenvalue weighted by molar-refractivity contribution is -0.553. The van der Waals surface area contributed by atoms with Gasteiger partial charge in [-0.15, -0.1) is 0 Å². The van der Waals surface area contributed by atoms with Gasteiger partial charge in [-0.2, -0.15) is 0 Å². The summed E-state index contributed by atoms with van der Waals surface area (Å²) in [5, 5.41) is 10.9. The zero-order valence-electron chi connectivity index (χ0n) is 9.19. The number of carbonyl (C=O) groups is 2. The number of rotatable bonds is 8. The van der Waals surface area contributed by atoms with Crippen molar-refractivity contribution >= 4 is 12.1 Å². The van der Waals surface area contributed by atoms with Crippen LogP contribution in [0.2, 0.25) is 0 Å². The van der Waals surface area contributed by atoms with Crippen LogP contribution in [0, 0.1) is 10.1 Å². The van der Waals surface area contributed by atoms with E-state index in [-0.39, 0.29) is 31.5 Å². The number of hydrogen-bond donors (Lipinski definition) is 0. The molecular weight excluding hydrogens is 198 g/mol. The van der Waals surface area contributed by atoms with Gasteiger partial charge in [-0.25, -0.2) is 0 Å². The molecule has 0 fully saturated rings. The second-order valence-corrected chi connectivity index (χ2v) is 3.52. The predicted molar refractivity (Wildman–Crippen MR) is 55.2 cm³/mol. The van der Waals surface area contributed by atoms with E-state index in [0.29, 0.717) is 12.7 Å². The molecule has 0 N–H and O–H groups in total. The zero-order valence-corrected chi connectivity index (χ0v) is 9.19. The van der Waals surface area contributed by atoms with E-state index in [4.69, 9.17) is 0 Å². The van der Waals surface area contributed by atoms with Crippen LogP contribution in [-0.4, -0.2) is 22.5 Å². The second kappa shape index (κ2) is 6.27. The zero-order chi connectivity index (χ0) is 11.9. The van der Waals surface area contributed by atoms with Crippen molar-refractivity contribution in [2.24, 2.45) is 0 Å². The van der Waals surface area contributed by atoms with E-state index in [1.807, 2.05) is 0 Å². The van der Waals surface area contributed by atoms with E-state index >= 15 is 0 Å². The molecule has 86 valence electrons. The lowest BCUT2D eigenvalue weighted by Crippen LogP contribution is -2.46. The van der Waals surface area contributed by atoms with Crippen LogP contribution in [-0.2, 0) is 9.59 Å². The van der Waals surface area contributed by atoms with Crippen LogP contribution in [0.4, 0.5) is 0 Å². The molecule has 0 heterocycles. The Morgan fingerprint density at radius 1 is 1.47 bits per heavy atom. The molecule has 0 saturated carbocycles. The highest BCUT2D eigenvalue weighted by Gasteiger charge is 2.47. The summed E-state index contributed by atoms with van der Waals surface area (Å²) in [5.41, 5.74) is -1.54. The molecule has 0 aromatic heterocycles. The Bertz CT molecular complexity index is 252. The number of nitrogens with zero attached hydrogens (tertiary/aromatic N) is 1. The molecule has 1 unspecified atom stereocenters. The first-order chi connectivity index (χ1) is 7.05. The van der Waals surface area contributed by atoms with Gasteiger partial charge in [-0.05, 0) is 6.42 Å². The monoisotopic (exact) mass is 215 g/mol. The number of nitro groups is 1. The molecule has 15 heavy (non-hydrogen) atoms. The average Bonchev–Trinajstić information content (AvgIpc) is 2.19. The SMILES string of the molecule is CCCC(=O)C(CC)(CCC=O)[N+](=O)[O-]. The van der Waals surface area contributed by atoms with E-state index in [1.165, 1.54) is 0 Å². The number of ketones is 1. The molecule has 0 spiro atoms. The first-order valence-corrected chi connectivity index (χ1v) is 5.16.